The Morgan fingerprint density at radius 2 is 1.74 bits per heavy atom. The van der Waals surface area contributed by atoms with Crippen LogP contribution in [0, 0.1) is 17.5 Å². The highest BCUT2D eigenvalue weighted by Crippen LogP contribution is 2.20. The third kappa shape index (κ3) is 7.83. The van der Waals surface area contributed by atoms with Gasteiger partial charge in [0.25, 0.3) is 0 Å². The summed E-state index contributed by atoms with van der Waals surface area (Å²) < 4.78 is 45.1. The molecule has 1 fully saturated rings. The minimum absolute atomic E-state index is 0.0469. The quantitative estimate of drug-likeness (QED) is 0.370. The highest BCUT2D eigenvalue weighted by molar-refractivity contribution is 6.31. The van der Waals surface area contributed by atoms with Crippen molar-refractivity contribution in [2.75, 3.05) is 6.61 Å². The molecule has 0 saturated heterocycles. The molecule has 6 nitrogen and oxygen atoms in total. The van der Waals surface area contributed by atoms with Gasteiger partial charge in [-0.05, 0) is 68.0 Å². The summed E-state index contributed by atoms with van der Waals surface area (Å²) in [6, 6.07) is 7.95. The molecule has 2 aromatic carbocycles. The molecule has 34 heavy (non-hydrogen) atoms. The van der Waals surface area contributed by atoms with Crippen molar-refractivity contribution in [1.82, 2.24) is 16.0 Å². The molecule has 2 aromatic rings. The Morgan fingerprint density at radius 1 is 1.03 bits per heavy atom. The lowest BCUT2D eigenvalue weighted by atomic mass is 9.91. The number of nitrogens with zero attached hydrogens (tertiary/aromatic N) is 1. The summed E-state index contributed by atoms with van der Waals surface area (Å²) in [4.78, 5) is 16.2. The van der Waals surface area contributed by atoms with Crippen LogP contribution in [0.1, 0.15) is 43.7 Å². The second kappa shape index (κ2) is 12.5. The van der Waals surface area contributed by atoms with Gasteiger partial charge in [0.15, 0.2) is 17.6 Å². The Bertz CT molecular complexity index is 1010. The summed E-state index contributed by atoms with van der Waals surface area (Å²) in [7, 11) is 0. The SMILES string of the molecule is CCOC(=O)NC1CCC(NC(=NCc2ccc(F)c(F)c2)NCc2ccc(F)cc2Cl)CC1. The number of ether oxygens (including phenoxy) is 1. The van der Waals surface area contributed by atoms with E-state index in [4.69, 9.17) is 16.3 Å². The third-order valence-corrected chi connectivity index (χ3v) is 5.88. The minimum Gasteiger partial charge on any atom is -0.450 e. The fraction of sp³-hybridized carbons (Fsp3) is 0.417. The average molecular weight is 497 g/mol. The van der Waals surface area contributed by atoms with Gasteiger partial charge in [0, 0.05) is 23.7 Å². The van der Waals surface area contributed by atoms with E-state index in [1.54, 1.807) is 13.0 Å². The first kappa shape index (κ1) is 25.7. The zero-order chi connectivity index (χ0) is 24.5. The van der Waals surface area contributed by atoms with Crippen LogP contribution in [0.4, 0.5) is 18.0 Å². The number of halogens is 4. The van der Waals surface area contributed by atoms with E-state index in [9.17, 15) is 18.0 Å². The Kier molecular flexibility index (Phi) is 9.44. The van der Waals surface area contributed by atoms with Crippen molar-refractivity contribution in [2.45, 2.75) is 57.8 Å². The van der Waals surface area contributed by atoms with Crippen LogP contribution in [0.3, 0.4) is 0 Å². The fourth-order valence-corrected chi connectivity index (χ4v) is 3.95. The van der Waals surface area contributed by atoms with E-state index in [1.165, 1.54) is 18.2 Å². The predicted molar refractivity (Wildman–Crippen MR) is 125 cm³/mol. The number of alkyl carbamates (subject to hydrolysis) is 1. The second-order valence-corrected chi connectivity index (χ2v) is 8.47. The van der Waals surface area contributed by atoms with Crippen molar-refractivity contribution in [3.63, 3.8) is 0 Å². The van der Waals surface area contributed by atoms with Gasteiger partial charge in [-0.3, -0.25) is 0 Å². The van der Waals surface area contributed by atoms with Crippen LogP contribution < -0.4 is 16.0 Å². The lowest BCUT2D eigenvalue weighted by Gasteiger charge is -2.30. The standard InChI is InChI=1S/C24H28ClF3N4O2/c1-2-34-24(33)32-19-8-6-18(7-9-19)31-23(29-13-15-3-10-21(27)22(28)11-15)30-14-16-4-5-17(26)12-20(16)25/h3-5,10-12,18-19H,2,6-9,13-14H2,1H3,(H,32,33)(H2,29,30,31). The number of carbonyl (C=O) groups excluding carboxylic acids is 1. The van der Waals surface area contributed by atoms with Crippen molar-refractivity contribution in [3.8, 4) is 0 Å². The van der Waals surface area contributed by atoms with Crippen LogP contribution in [-0.2, 0) is 17.8 Å². The average Bonchev–Trinajstić information content (AvgIpc) is 2.80. The predicted octanol–water partition coefficient (Wildman–Crippen LogP) is 5.05. The maximum Gasteiger partial charge on any atom is 0.407 e. The lowest BCUT2D eigenvalue weighted by Crippen LogP contribution is -2.47. The number of amides is 1. The maximum atomic E-state index is 13.6. The largest absolute Gasteiger partial charge is 0.450 e. The molecule has 0 bridgehead atoms. The molecule has 184 valence electrons. The monoisotopic (exact) mass is 496 g/mol. The zero-order valence-corrected chi connectivity index (χ0v) is 19.6. The first-order chi connectivity index (χ1) is 16.3. The molecule has 0 aliphatic heterocycles. The maximum absolute atomic E-state index is 13.6. The normalized spacial score (nSPS) is 18.3. The van der Waals surface area contributed by atoms with Gasteiger partial charge < -0.3 is 20.7 Å². The molecule has 3 rings (SSSR count). The van der Waals surface area contributed by atoms with Crippen LogP contribution in [0.25, 0.3) is 0 Å². The number of hydrogen-bond donors (Lipinski definition) is 3. The van der Waals surface area contributed by atoms with Crippen molar-refractivity contribution in [3.05, 3.63) is 70.0 Å². The number of aliphatic imine (C=N–C) groups is 1. The molecule has 1 amide bonds. The first-order valence-electron chi connectivity index (χ1n) is 11.2. The number of carbonyl (C=O) groups is 1. The molecule has 1 aliphatic rings. The van der Waals surface area contributed by atoms with E-state index in [0.717, 1.165) is 37.8 Å². The van der Waals surface area contributed by atoms with Crippen LogP contribution in [0.5, 0.6) is 0 Å². The van der Waals surface area contributed by atoms with Crippen molar-refractivity contribution in [2.24, 2.45) is 4.99 Å². The summed E-state index contributed by atoms with van der Waals surface area (Å²) in [6.45, 7) is 2.50. The first-order valence-corrected chi connectivity index (χ1v) is 11.6. The molecule has 0 unspecified atom stereocenters. The molecular formula is C24H28ClF3N4O2. The second-order valence-electron chi connectivity index (χ2n) is 8.06. The Labute approximate surface area is 201 Å². The van der Waals surface area contributed by atoms with Crippen LogP contribution in [0.15, 0.2) is 41.4 Å². The van der Waals surface area contributed by atoms with E-state index in [1.807, 2.05) is 0 Å². The van der Waals surface area contributed by atoms with Gasteiger partial charge in [-0.15, -0.1) is 0 Å². The summed E-state index contributed by atoms with van der Waals surface area (Å²) >= 11 is 6.13. The molecule has 0 radical (unpaired) electrons. The molecular weight excluding hydrogens is 469 g/mol. The number of benzene rings is 2. The highest BCUT2D eigenvalue weighted by atomic mass is 35.5. The van der Waals surface area contributed by atoms with Crippen molar-refractivity contribution in [1.29, 1.82) is 0 Å². The number of nitrogens with one attached hydrogen (secondary N) is 3. The van der Waals surface area contributed by atoms with Gasteiger partial charge >= 0.3 is 6.09 Å². The molecule has 0 aromatic heterocycles. The topological polar surface area (TPSA) is 74.8 Å². The summed E-state index contributed by atoms with van der Waals surface area (Å²) in [5.74, 6) is -1.80. The van der Waals surface area contributed by atoms with Gasteiger partial charge in [0.05, 0.1) is 13.2 Å². The Hall–Kier alpha value is -2.94. The van der Waals surface area contributed by atoms with Gasteiger partial charge in [0.1, 0.15) is 5.82 Å². The Balaban J connectivity index is 1.63. The number of hydrogen-bond acceptors (Lipinski definition) is 3. The van der Waals surface area contributed by atoms with Gasteiger partial charge in [-0.1, -0.05) is 23.7 Å². The van der Waals surface area contributed by atoms with E-state index in [2.05, 4.69) is 20.9 Å². The summed E-state index contributed by atoms with van der Waals surface area (Å²) in [6.07, 6.45) is 2.72. The summed E-state index contributed by atoms with van der Waals surface area (Å²) in [5, 5.41) is 9.69. The molecule has 1 saturated carbocycles. The van der Waals surface area contributed by atoms with Crippen LogP contribution in [0.2, 0.25) is 5.02 Å². The van der Waals surface area contributed by atoms with Crippen LogP contribution in [-0.4, -0.2) is 30.7 Å². The molecule has 10 heteroatoms. The molecule has 0 heterocycles. The molecule has 3 N–H and O–H groups in total. The van der Waals surface area contributed by atoms with E-state index < -0.39 is 23.5 Å². The molecule has 1 aliphatic carbocycles. The van der Waals surface area contributed by atoms with Gasteiger partial charge in [0.2, 0.25) is 0 Å². The minimum atomic E-state index is -0.930. The van der Waals surface area contributed by atoms with Crippen molar-refractivity contribution >= 4 is 23.7 Å². The van der Waals surface area contributed by atoms with Crippen molar-refractivity contribution < 1.29 is 22.7 Å². The third-order valence-electron chi connectivity index (χ3n) is 5.53. The van der Waals surface area contributed by atoms with Gasteiger partial charge in [-0.2, -0.15) is 0 Å². The van der Waals surface area contributed by atoms with E-state index in [-0.39, 0.29) is 23.7 Å². The van der Waals surface area contributed by atoms with E-state index >= 15 is 0 Å². The highest BCUT2D eigenvalue weighted by Gasteiger charge is 2.23. The molecule has 0 atom stereocenters. The zero-order valence-electron chi connectivity index (χ0n) is 18.8. The van der Waals surface area contributed by atoms with Gasteiger partial charge in [-0.25, -0.2) is 23.0 Å². The number of rotatable bonds is 7. The molecule has 0 spiro atoms. The fourth-order valence-electron chi connectivity index (χ4n) is 3.72. The number of guanidine groups is 1. The van der Waals surface area contributed by atoms with E-state index in [0.29, 0.717) is 30.2 Å². The lowest BCUT2D eigenvalue weighted by molar-refractivity contribution is 0.144. The van der Waals surface area contributed by atoms with Crippen LogP contribution >= 0.6 is 11.6 Å². The summed E-state index contributed by atoms with van der Waals surface area (Å²) in [5.41, 5.74) is 1.20. The smallest absolute Gasteiger partial charge is 0.407 e. The Morgan fingerprint density at radius 3 is 2.38 bits per heavy atom.